The number of nitrogens with zero attached hydrogens (tertiary/aromatic N) is 3. The number of aromatic amines is 1. The van der Waals surface area contributed by atoms with Crippen molar-refractivity contribution >= 4 is 55.2 Å². The first kappa shape index (κ1) is 22.3. The van der Waals surface area contributed by atoms with Crippen molar-refractivity contribution in [2.24, 2.45) is 4.99 Å². The lowest BCUT2D eigenvalue weighted by molar-refractivity contribution is 0.137. The van der Waals surface area contributed by atoms with Crippen molar-refractivity contribution in [3.8, 4) is 0 Å². The van der Waals surface area contributed by atoms with Gasteiger partial charge in [-0.1, -0.05) is 30.0 Å². The third kappa shape index (κ3) is 4.48. The Morgan fingerprint density at radius 2 is 2.09 bits per heavy atom. The van der Waals surface area contributed by atoms with Crippen LogP contribution in [0.15, 0.2) is 39.6 Å². The fraction of sp³-hybridized carbons (Fsp3) is 0.500. The molecule has 7 nitrogen and oxygen atoms in total. The van der Waals surface area contributed by atoms with Gasteiger partial charge >= 0.3 is 0 Å². The zero-order chi connectivity index (χ0) is 22.3. The number of allylic oxidation sites excluding steroid dienone is 1. The summed E-state index contributed by atoms with van der Waals surface area (Å²) in [5.74, 6) is 0.818. The standard InChI is InChI=1S/C22H29N5O2S3/c1-26(2)15-27-10-8-22(9-11-27)14-23-21(31-22)18-13-16-5-3-6-17(20(16)24-18)25-32(28,29)19-7-4-12-30-19/h3,5-7,13,24-25H,4,8-12,14-15H2,1-2H3. The van der Waals surface area contributed by atoms with Crippen molar-refractivity contribution in [2.45, 2.75) is 24.0 Å². The van der Waals surface area contributed by atoms with Gasteiger partial charge in [-0.2, -0.15) is 0 Å². The van der Waals surface area contributed by atoms with Crippen LogP contribution < -0.4 is 4.72 Å². The minimum atomic E-state index is -3.54. The number of aliphatic imine (C=N–C) groups is 1. The Kier molecular flexibility index (Phi) is 6.08. The molecule has 2 aromatic rings. The van der Waals surface area contributed by atoms with Gasteiger partial charge in [-0.05, 0) is 45.5 Å². The predicted molar refractivity (Wildman–Crippen MR) is 137 cm³/mol. The molecular weight excluding hydrogens is 462 g/mol. The molecule has 172 valence electrons. The number of H-pyrrole nitrogens is 1. The highest BCUT2D eigenvalue weighted by Gasteiger charge is 2.40. The molecule has 1 aromatic carbocycles. The monoisotopic (exact) mass is 491 g/mol. The predicted octanol–water partition coefficient (Wildman–Crippen LogP) is 3.74. The number of rotatable bonds is 6. The van der Waals surface area contributed by atoms with E-state index in [1.54, 1.807) is 6.08 Å². The van der Waals surface area contributed by atoms with Crippen LogP contribution in [0.4, 0.5) is 5.69 Å². The molecule has 1 spiro atoms. The van der Waals surface area contributed by atoms with Gasteiger partial charge in [0.05, 0.1) is 30.1 Å². The van der Waals surface area contributed by atoms with E-state index < -0.39 is 10.0 Å². The van der Waals surface area contributed by atoms with E-state index in [-0.39, 0.29) is 4.75 Å². The number of fused-ring (bicyclic) bond motifs is 1. The van der Waals surface area contributed by atoms with Gasteiger partial charge in [-0.3, -0.25) is 19.5 Å². The molecule has 1 saturated heterocycles. The van der Waals surface area contributed by atoms with Gasteiger partial charge in [-0.25, -0.2) is 8.42 Å². The van der Waals surface area contributed by atoms with E-state index in [1.807, 2.05) is 30.0 Å². The number of aromatic nitrogens is 1. The van der Waals surface area contributed by atoms with Gasteiger partial charge in [0.25, 0.3) is 10.0 Å². The molecule has 0 radical (unpaired) electrons. The van der Waals surface area contributed by atoms with Crippen molar-refractivity contribution < 1.29 is 8.42 Å². The molecule has 0 bridgehead atoms. The molecule has 0 atom stereocenters. The number of nitrogens with one attached hydrogen (secondary N) is 2. The van der Waals surface area contributed by atoms with Gasteiger partial charge < -0.3 is 4.98 Å². The van der Waals surface area contributed by atoms with E-state index in [2.05, 4.69) is 39.7 Å². The van der Waals surface area contributed by atoms with E-state index in [0.717, 1.165) is 73.0 Å². The molecule has 1 fully saturated rings. The minimum Gasteiger partial charge on any atom is -0.351 e. The fourth-order valence-electron chi connectivity index (χ4n) is 4.52. The number of sulfonamides is 1. The Morgan fingerprint density at radius 3 is 2.81 bits per heavy atom. The van der Waals surface area contributed by atoms with E-state index in [4.69, 9.17) is 4.99 Å². The molecule has 0 aliphatic carbocycles. The third-order valence-electron chi connectivity index (χ3n) is 6.14. The maximum Gasteiger partial charge on any atom is 0.267 e. The minimum absolute atomic E-state index is 0.187. The summed E-state index contributed by atoms with van der Waals surface area (Å²) < 4.78 is 28.9. The first-order valence-electron chi connectivity index (χ1n) is 10.9. The van der Waals surface area contributed by atoms with Crippen LogP contribution in [0.3, 0.4) is 0 Å². The molecule has 2 N–H and O–H groups in total. The molecule has 10 heteroatoms. The van der Waals surface area contributed by atoms with Crippen LogP contribution in [0.25, 0.3) is 10.9 Å². The molecular formula is C22H29N5O2S3. The topological polar surface area (TPSA) is 80.8 Å². The quantitative estimate of drug-likeness (QED) is 0.641. The lowest BCUT2D eigenvalue weighted by Gasteiger charge is -2.39. The highest BCUT2D eigenvalue weighted by molar-refractivity contribution is 8.19. The third-order valence-corrected chi connectivity index (χ3v) is 10.7. The smallest absolute Gasteiger partial charge is 0.267 e. The Hall–Kier alpha value is -1.46. The number of piperidine rings is 1. The molecule has 5 rings (SSSR count). The van der Waals surface area contributed by atoms with Crippen molar-refractivity contribution in [3.05, 3.63) is 40.3 Å². The molecule has 0 saturated carbocycles. The summed E-state index contributed by atoms with van der Waals surface area (Å²) in [7, 11) is 0.690. The van der Waals surface area contributed by atoms with Gasteiger partial charge in [0.1, 0.15) is 9.28 Å². The van der Waals surface area contributed by atoms with Crippen molar-refractivity contribution in [1.29, 1.82) is 0 Å². The zero-order valence-corrected chi connectivity index (χ0v) is 20.9. The lowest BCUT2D eigenvalue weighted by Crippen LogP contribution is -2.46. The zero-order valence-electron chi connectivity index (χ0n) is 18.4. The van der Waals surface area contributed by atoms with Crippen molar-refractivity contribution in [2.75, 3.05) is 50.9 Å². The van der Waals surface area contributed by atoms with Gasteiger partial charge in [0.15, 0.2) is 0 Å². The summed E-state index contributed by atoms with van der Waals surface area (Å²) in [4.78, 5) is 13.1. The molecule has 32 heavy (non-hydrogen) atoms. The Balaban J connectivity index is 1.33. The van der Waals surface area contributed by atoms with Crippen LogP contribution in [-0.4, -0.2) is 79.1 Å². The maximum atomic E-state index is 12.8. The van der Waals surface area contributed by atoms with E-state index in [9.17, 15) is 8.42 Å². The van der Waals surface area contributed by atoms with Crippen LogP contribution in [0, 0.1) is 0 Å². The van der Waals surface area contributed by atoms with Crippen LogP contribution in [0.1, 0.15) is 25.0 Å². The van der Waals surface area contributed by atoms with E-state index in [1.165, 1.54) is 11.8 Å². The summed E-state index contributed by atoms with van der Waals surface area (Å²) in [5, 5.41) is 2.02. The largest absolute Gasteiger partial charge is 0.351 e. The number of anilines is 1. The number of hydrogen-bond acceptors (Lipinski definition) is 7. The molecule has 4 heterocycles. The number of thioether (sulfide) groups is 2. The lowest BCUT2D eigenvalue weighted by atomic mass is 9.96. The van der Waals surface area contributed by atoms with E-state index in [0.29, 0.717) is 9.92 Å². The first-order chi connectivity index (χ1) is 15.3. The molecule has 3 aliphatic heterocycles. The SMILES string of the molecule is CN(C)CN1CCC2(CC1)CN=C(c1cc3cccc(NS(=O)(=O)C4=CCCS4)c3[nH]1)S2. The van der Waals surface area contributed by atoms with Gasteiger partial charge in [0.2, 0.25) is 0 Å². The second-order valence-corrected chi connectivity index (χ2v) is 13.5. The van der Waals surface area contributed by atoms with E-state index >= 15 is 0 Å². The van der Waals surface area contributed by atoms with Crippen LogP contribution in [0.2, 0.25) is 0 Å². The summed E-state index contributed by atoms with van der Waals surface area (Å²) in [6, 6.07) is 7.79. The number of likely N-dealkylation sites (tertiary alicyclic amines) is 1. The van der Waals surface area contributed by atoms with Crippen molar-refractivity contribution in [3.63, 3.8) is 0 Å². The summed E-state index contributed by atoms with van der Waals surface area (Å²) in [6.45, 7) is 4.05. The van der Waals surface area contributed by atoms with Gasteiger partial charge in [0, 0.05) is 29.0 Å². The van der Waals surface area contributed by atoms with Crippen LogP contribution in [-0.2, 0) is 10.0 Å². The number of benzene rings is 1. The molecule has 0 amide bonds. The number of hydrogen-bond donors (Lipinski definition) is 2. The van der Waals surface area contributed by atoms with Crippen LogP contribution in [0.5, 0.6) is 0 Å². The molecule has 3 aliphatic rings. The summed E-state index contributed by atoms with van der Waals surface area (Å²) in [5.41, 5.74) is 2.36. The fourth-order valence-corrected chi connectivity index (χ4v) is 8.36. The Bertz CT molecular complexity index is 1180. The van der Waals surface area contributed by atoms with Crippen LogP contribution >= 0.6 is 23.5 Å². The summed E-state index contributed by atoms with van der Waals surface area (Å²) in [6.07, 6.45) is 4.86. The Morgan fingerprint density at radius 1 is 1.28 bits per heavy atom. The van der Waals surface area contributed by atoms with Gasteiger partial charge in [-0.15, -0.1) is 11.8 Å². The molecule has 0 unspecified atom stereocenters. The number of para-hydroxylation sites is 1. The average molecular weight is 492 g/mol. The normalized spacial score (nSPS) is 21.5. The maximum absolute atomic E-state index is 12.8. The van der Waals surface area contributed by atoms with Crippen molar-refractivity contribution in [1.82, 2.24) is 14.8 Å². The highest BCUT2D eigenvalue weighted by atomic mass is 32.3. The highest BCUT2D eigenvalue weighted by Crippen LogP contribution is 2.43. The summed E-state index contributed by atoms with van der Waals surface area (Å²) >= 11 is 3.28. The Labute approximate surface area is 198 Å². The first-order valence-corrected chi connectivity index (χ1v) is 14.2. The second-order valence-electron chi connectivity index (χ2n) is 8.96. The molecule has 1 aromatic heterocycles. The second kappa shape index (κ2) is 8.72. The average Bonchev–Trinajstić information content (AvgIpc) is 3.49.